The normalized spacial score (nSPS) is 28.1. The summed E-state index contributed by atoms with van der Waals surface area (Å²) in [5, 5.41) is 4.85. The monoisotopic (exact) mass is 267 g/mol. The van der Waals surface area contributed by atoms with E-state index in [2.05, 4.69) is 35.5 Å². The Morgan fingerprint density at radius 3 is 2.47 bits per heavy atom. The second-order valence-corrected chi connectivity index (χ2v) is 6.21. The van der Waals surface area contributed by atoms with E-state index in [1.807, 2.05) is 0 Å². The van der Waals surface area contributed by atoms with Crippen LogP contribution in [0.5, 0.6) is 0 Å². The largest absolute Gasteiger partial charge is 0.299 e. The molecule has 0 N–H and O–H groups in total. The lowest BCUT2D eigenvalue weighted by molar-refractivity contribution is 0.0306. The summed E-state index contributed by atoms with van der Waals surface area (Å²) in [6.45, 7) is 16.3. The predicted octanol–water partition coefficient (Wildman–Crippen LogP) is 1.06. The van der Waals surface area contributed by atoms with Gasteiger partial charge in [0, 0.05) is 51.9 Å². The van der Waals surface area contributed by atoms with Crippen LogP contribution in [0.2, 0.25) is 0 Å². The molecule has 0 amide bonds. The quantitative estimate of drug-likeness (QED) is 0.744. The van der Waals surface area contributed by atoms with Crippen LogP contribution >= 0.6 is 0 Å². The molecule has 0 aliphatic carbocycles. The molecule has 4 nitrogen and oxygen atoms in total. The fraction of sp³-hybridized carbons (Fsp3) is 1.00. The van der Waals surface area contributed by atoms with Crippen molar-refractivity contribution in [2.75, 3.05) is 52.4 Å². The first-order valence-electron chi connectivity index (χ1n) is 8.07. The van der Waals surface area contributed by atoms with Crippen LogP contribution in [0.25, 0.3) is 0 Å². The molecule has 0 bridgehead atoms. The third kappa shape index (κ3) is 4.42. The molecule has 0 aromatic heterocycles. The van der Waals surface area contributed by atoms with Gasteiger partial charge in [-0.05, 0) is 26.8 Å². The van der Waals surface area contributed by atoms with Gasteiger partial charge in [-0.1, -0.05) is 13.3 Å². The van der Waals surface area contributed by atoms with Crippen molar-refractivity contribution in [1.82, 2.24) is 20.0 Å². The van der Waals surface area contributed by atoms with Crippen LogP contribution in [0.1, 0.15) is 33.6 Å². The highest BCUT2D eigenvalue weighted by Gasteiger charge is 2.28. The van der Waals surface area contributed by atoms with E-state index in [0.29, 0.717) is 12.2 Å². The molecule has 2 heterocycles. The van der Waals surface area contributed by atoms with Crippen molar-refractivity contribution in [2.24, 2.45) is 0 Å². The van der Waals surface area contributed by atoms with E-state index in [9.17, 15) is 0 Å². The molecule has 0 saturated carbocycles. The minimum Gasteiger partial charge on any atom is -0.299 e. The Labute approximate surface area is 119 Å². The standard InChI is InChI=1S/C15H31N4/c1-4-5-7-17-8-6-16-15(13-17)19-11-9-18(10-12-19)14(2)3/h14-15H,4-13H2,1-3H3. The fourth-order valence-corrected chi connectivity index (χ4v) is 3.10. The van der Waals surface area contributed by atoms with Gasteiger partial charge in [0.25, 0.3) is 0 Å². The van der Waals surface area contributed by atoms with Crippen molar-refractivity contribution in [2.45, 2.75) is 45.8 Å². The van der Waals surface area contributed by atoms with Crippen LogP contribution < -0.4 is 5.32 Å². The molecule has 0 spiro atoms. The number of piperazine rings is 2. The number of hydrogen-bond acceptors (Lipinski definition) is 3. The van der Waals surface area contributed by atoms with Crippen LogP contribution in [0, 0.1) is 0 Å². The SMILES string of the molecule is CCCCN1CC[N]C(N2CCN(C(C)C)CC2)C1. The second-order valence-electron chi connectivity index (χ2n) is 6.21. The Bertz CT molecular complexity index is 249. The minimum atomic E-state index is 0.458. The fourth-order valence-electron chi connectivity index (χ4n) is 3.10. The molecule has 111 valence electrons. The third-order valence-electron chi connectivity index (χ3n) is 4.51. The highest BCUT2D eigenvalue weighted by atomic mass is 15.4. The average Bonchev–Trinajstić information content (AvgIpc) is 2.45. The summed E-state index contributed by atoms with van der Waals surface area (Å²) < 4.78 is 0. The first-order valence-corrected chi connectivity index (χ1v) is 8.07. The van der Waals surface area contributed by atoms with Gasteiger partial charge in [-0.3, -0.25) is 14.7 Å². The van der Waals surface area contributed by atoms with Crippen LogP contribution in [-0.4, -0.2) is 79.3 Å². The van der Waals surface area contributed by atoms with Gasteiger partial charge in [0.1, 0.15) is 0 Å². The summed E-state index contributed by atoms with van der Waals surface area (Å²) >= 11 is 0. The molecule has 0 aromatic rings. The summed E-state index contributed by atoms with van der Waals surface area (Å²) in [5.41, 5.74) is 0. The third-order valence-corrected chi connectivity index (χ3v) is 4.51. The summed E-state index contributed by atoms with van der Waals surface area (Å²) in [7, 11) is 0. The van der Waals surface area contributed by atoms with E-state index in [0.717, 1.165) is 13.1 Å². The summed E-state index contributed by atoms with van der Waals surface area (Å²) in [6, 6.07) is 0.687. The van der Waals surface area contributed by atoms with Gasteiger partial charge in [-0.2, -0.15) is 0 Å². The van der Waals surface area contributed by atoms with Gasteiger partial charge < -0.3 is 0 Å². The van der Waals surface area contributed by atoms with Crippen LogP contribution in [0.3, 0.4) is 0 Å². The van der Waals surface area contributed by atoms with Gasteiger partial charge in [0.05, 0.1) is 6.17 Å². The second kappa shape index (κ2) is 7.58. The molecule has 0 aromatic carbocycles. The molecule has 2 fully saturated rings. The van der Waals surface area contributed by atoms with Crippen molar-refractivity contribution < 1.29 is 0 Å². The molecule has 2 aliphatic rings. The molecule has 1 radical (unpaired) electrons. The Morgan fingerprint density at radius 2 is 1.84 bits per heavy atom. The zero-order chi connectivity index (χ0) is 13.7. The molecule has 1 unspecified atom stereocenters. The van der Waals surface area contributed by atoms with E-state index in [1.165, 1.54) is 52.1 Å². The van der Waals surface area contributed by atoms with Crippen LogP contribution in [-0.2, 0) is 0 Å². The zero-order valence-electron chi connectivity index (χ0n) is 13.0. The van der Waals surface area contributed by atoms with E-state index in [4.69, 9.17) is 5.32 Å². The Hall–Kier alpha value is -0.160. The first-order chi connectivity index (χ1) is 9.20. The summed E-state index contributed by atoms with van der Waals surface area (Å²) in [5.74, 6) is 0. The zero-order valence-corrected chi connectivity index (χ0v) is 13.0. The maximum absolute atomic E-state index is 4.85. The van der Waals surface area contributed by atoms with Crippen LogP contribution in [0.15, 0.2) is 0 Å². The number of hydrogen-bond donors (Lipinski definition) is 0. The lowest BCUT2D eigenvalue weighted by Crippen LogP contribution is -2.60. The maximum atomic E-state index is 4.85. The maximum Gasteiger partial charge on any atom is 0.0891 e. The van der Waals surface area contributed by atoms with Gasteiger partial charge >= 0.3 is 0 Å². The smallest absolute Gasteiger partial charge is 0.0891 e. The number of rotatable bonds is 5. The molecule has 2 aliphatic heterocycles. The average molecular weight is 267 g/mol. The number of unbranched alkanes of at least 4 members (excludes halogenated alkanes) is 1. The molecule has 2 saturated heterocycles. The first kappa shape index (κ1) is 15.2. The van der Waals surface area contributed by atoms with E-state index < -0.39 is 0 Å². The Kier molecular flexibility index (Phi) is 6.07. The van der Waals surface area contributed by atoms with Crippen molar-refractivity contribution >= 4 is 0 Å². The summed E-state index contributed by atoms with van der Waals surface area (Å²) in [4.78, 5) is 7.78. The molecular weight excluding hydrogens is 236 g/mol. The van der Waals surface area contributed by atoms with Gasteiger partial charge in [0.15, 0.2) is 0 Å². The van der Waals surface area contributed by atoms with Crippen molar-refractivity contribution in [3.05, 3.63) is 0 Å². The minimum absolute atomic E-state index is 0.458. The van der Waals surface area contributed by atoms with E-state index in [1.54, 1.807) is 0 Å². The number of nitrogens with zero attached hydrogens (tertiary/aromatic N) is 4. The Morgan fingerprint density at radius 1 is 1.11 bits per heavy atom. The van der Waals surface area contributed by atoms with Gasteiger partial charge in [-0.25, -0.2) is 5.32 Å². The molecule has 19 heavy (non-hydrogen) atoms. The Balaban J connectivity index is 1.75. The van der Waals surface area contributed by atoms with Gasteiger partial charge in [-0.15, -0.1) is 0 Å². The van der Waals surface area contributed by atoms with E-state index in [-0.39, 0.29) is 0 Å². The summed E-state index contributed by atoms with van der Waals surface area (Å²) in [6.07, 6.45) is 3.08. The highest BCUT2D eigenvalue weighted by molar-refractivity contribution is 4.83. The molecular formula is C15H31N4. The molecule has 1 atom stereocenters. The van der Waals surface area contributed by atoms with E-state index >= 15 is 0 Å². The topological polar surface area (TPSA) is 23.8 Å². The lowest BCUT2D eigenvalue weighted by Gasteiger charge is -2.43. The van der Waals surface area contributed by atoms with Crippen molar-refractivity contribution in [3.8, 4) is 0 Å². The van der Waals surface area contributed by atoms with Crippen molar-refractivity contribution in [1.29, 1.82) is 0 Å². The molecule has 2 rings (SSSR count). The lowest BCUT2D eigenvalue weighted by atomic mass is 10.2. The predicted molar refractivity (Wildman–Crippen MR) is 80.4 cm³/mol. The van der Waals surface area contributed by atoms with Crippen LogP contribution in [0.4, 0.5) is 0 Å². The van der Waals surface area contributed by atoms with Gasteiger partial charge in [0.2, 0.25) is 0 Å². The molecule has 4 heteroatoms. The van der Waals surface area contributed by atoms with Crippen molar-refractivity contribution in [3.63, 3.8) is 0 Å². The highest BCUT2D eigenvalue weighted by Crippen LogP contribution is 2.12.